The topological polar surface area (TPSA) is 77.0 Å². The van der Waals surface area contributed by atoms with Crippen LogP contribution in [0.1, 0.15) is 29.7 Å². The van der Waals surface area contributed by atoms with Crippen LogP contribution in [0.15, 0.2) is 30.3 Å². The third-order valence-electron chi connectivity index (χ3n) is 3.98. The third-order valence-corrected chi connectivity index (χ3v) is 3.98. The molecule has 10 heteroatoms. The number of carbonyl (C=O) groups is 1. The maximum atomic E-state index is 12.8. The Labute approximate surface area is 148 Å². The van der Waals surface area contributed by atoms with Gasteiger partial charge in [-0.25, -0.2) is 0 Å². The first-order chi connectivity index (χ1) is 11.4. The van der Waals surface area contributed by atoms with Crippen molar-refractivity contribution in [3.63, 3.8) is 0 Å². The summed E-state index contributed by atoms with van der Waals surface area (Å²) in [5.74, 6) is -1.10. The minimum atomic E-state index is -4.55. The fraction of sp³-hybridized carbons (Fsp3) is 0.400. The van der Waals surface area contributed by atoms with E-state index in [-0.39, 0.29) is 50.2 Å². The molecule has 0 aliphatic carbocycles. The van der Waals surface area contributed by atoms with Crippen LogP contribution in [0.4, 0.5) is 13.2 Å². The van der Waals surface area contributed by atoms with Gasteiger partial charge in [0.25, 0.3) is 0 Å². The Balaban J connectivity index is 0.00000225. The van der Waals surface area contributed by atoms with Crippen LogP contribution in [0.25, 0.3) is 0 Å². The van der Waals surface area contributed by atoms with E-state index >= 15 is 0 Å². The second kappa shape index (κ2) is 7.40. The van der Waals surface area contributed by atoms with Crippen molar-refractivity contribution in [2.45, 2.75) is 31.7 Å². The number of carbonyl (C=O) groups excluding carboxylic acids is 1. The Morgan fingerprint density at radius 3 is 2.52 bits per heavy atom. The van der Waals surface area contributed by atoms with Crippen LogP contribution in [-0.4, -0.2) is 32.1 Å². The minimum Gasteiger partial charge on any atom is -0.333 e. The largest absolute Gasteiger partial charge is 0.451 e. The molecule has 0 bridgehead atoms. The van der Waals surface area contributed by atoms with Crippen LogP contribution in [0.2, 0.25) is 0 Å². The summed E-state index contributed by atoms with van der Waals surface area (Å²) in [6.07, 6.45) is -4.46. The third kappa shape index (κ3) is 4.10. The van der Waals surface area contributed by atoms with E-state index in [0.717, 1.165) is 10.1 Å². The molecule has 25 heavy (non-hydrogen) atoms. The molecule has 2 heterocycles. The summed E-state index contributed by atoms with van der Waals surface area (Å²) in [6.45, 7) is 0.196. The van der Waals surface area contributed by atoms with Gasteiger partial charge in [0.1, 0.15) is 0 Å². The lowest BCUT2D eigenvalue weighted by Crippen LogP contribution is -2.40. The molecule has 1 atom stereocenters. The van der Waals surface area contributed by atoms with Gasteiger partial charge in [0.2, 0.25) is 11.7 Å². The highest BCUT2D eigenvalue weighted by atomic mass is 35.5. The number of aromatic nitrogens is 3. The van der Waals surface area contributed by atoms with E-state index in [4.69, 9.17) is 5.73 Å². The fourth-order valence-corrected chi connectivity index (χ4v) is 2.72. The number of rotatable bonds is 3. The summed E-state index contributed by atoms with van der Waals surface area (Å²) in [5.41, 5.74) is 6.87. The molecule has 3 rings (SSSR count). The minimum absolute atomic E-state index is 0. The summed E-state index contributed by atoms with van der Waals surface area (Å²) < 4.78 is 39.4. The predicted molar refractivity (Wildman–Crippen MR) is 85.7 cm³/mol. The molecular formula is C15H17ClF3N5O. The molecule has 1 amide bonds. The van der Waals surface area contributed by atoms with Gasteiger partial charge in [-0.1, -0.05) is 30.3 Å². The van der Waals surface area contributed by atoms with E-state index in [1.807, 2.05) is 30.3 Å². The van der Waals surface area contributed by atoms with Crippen LogP contribution in [0.3, 0.4) is 0 Å². The highest BCUT2D eigenvalue weighted by Crippen LogP contribution is 2.29. The second-order valence-electron chi connectivity index (χ2n) is 5.63. The molecule has 1 aliphatic rings. The molecule has 1 aliphatic heterocycles. The molecule has 0 saturated carbocycles. The molecule has 0 fully saturated rings. The van der Waals surface area contributed by atoms with Gasteiger partial charge in [-0.3, -0.25) is 4.79 Å². The van der Waals surface area contributed by atoms with Gasteiger partial charge in [-0.05, 0) is 5.56 Å². The number of amides is 1. The number of hydrogen-bond donors (Lipinski definition) is 1. The lowest BCUT2D eigenvalue weighted by atomic mass is 10.0. The van der Waals surface area contributed by atoms with E-state index < -0.39 is 18.0 Å². The van der Waals surface area contributed by atoms with Crippen molar-refractivity contribution < 1.29 is 18.0 Å². The molecule has 6 nitrogen and oxygen atoms in total. The Hall–Kier alpha value is -2.13. The van der Waals surface area contributed by atoms with Crippen molar-refractivity contribution >= 4 is 18.3 Å². The van der Waals surface area contributed by atoms with E-state index in [0.29, 0.717) is 0 Å². The first-order valence-electron chi connectivity index (χ1n) is 7.44. The van der Waals surface area contributed by atoms with Crippen molar-refractivity contribution in [2.75, 3.05) is 6.54 Å². The molecule has 2 N–H and O–H groups in total. The number of nitrogens with two attached hydrogens (primary N) is 1. The van der Waals surface area contributed by atoms with E-state index in [2.05, 4.69) is 10.2 Å². The standard InChI is InChI=1S/C15H16F3N5O.ClH/c16-15(17,18)14-21-20-12-9-22(6-7-23(12)14)13(24)8-11(19)10-4-2-1-3-5-10;/h1-5,11H,6-9,19H2;1H. The van der Waals surface area contributed by atoms with E-state index in [9.17, 15) is 18.0 Å². The predicted octanol–water partition coefficient (Wildman–Crippen LogP) is 2.15. The molecule has 0 spiro atoms. The number of nitrogens with zero attached hydrogens (tertiary/aromatic N) is 4. The van der Waals surface area contributed by atoms with Gasteiger partial charge in [0, 0.05) is 25.6 Å². The van der Waals surface area contributed by atoms with Gasteiger partial charge in [0.05, 0.1) is 6.54 Å². The summed E-state index contributed by atoms with van der Waals surface area (Å²) in [4.78, 5) is 13.8. The van der Waals surface area contributed by atoms with Crippen molar-refractivity contribution in [3.05, 3.63) is 47.5 Å². The van der Waals surface area contributed by atoms with Crippen LogP contribution in [-0.2, 0) is 24.1 Å². The Bertz CT molecular complexity index is 735. The average Bonchev–Trinajstić information content (AvgIpc) is 2.98. The molecule has 2 aromatic rings. The number of hydrogen-bond acceptors (Lipinski definition) is 4. The van der Waals surface area contributed by atoms with Gasteiger partial charge in [0.15, 0.2) is 5.82 Å². The van der Waals surface area contributed by atoms with Crippen molar-refractivity contribution in [3.8, 4) is 0 Å². The summed E-state index contributed by atoms with van der Waals surface area (Å²) in [5, 5.41) is 6.76. The first kappa shape index (κ1) is 19.2. The van der Waals surface area contributed by atoms with Crippen molar-refractivity contribution in [2.24, 2.45) is 5.73 Å². The van der Waals surface area contributed by atoms with E-state index in [1.165, 1.54) is 4.90 Å². The fourth-order valence-electron chi connectivity index (χ4n) is 2.72. The van der Waals surface area contributed by atoms with Crippen LogP contribution in [0.5, 0.6) is 0 Å². The molecular weight excluding hydrogens is 359 g/mol. The highest BCUT2D eigenvalue weighted by Gasteiger charge is 2.39. The number of benzene rings is 1. The number of alkyl halides is 3. The normalized spacial score (nSPS) is 15.3. The summed E-state index contributed by atoms with van der Waals surface area (Å²) in [7, 11) is 0. The van der Waals surface area contributed by atoms with Gasteiger partial charge >= 0.3 is 6.18 Å². The zero-order chi connectivity index (χ0) is 17.3. The maximum absolute atomic E-state index is 12.8. The molecule has 1 aromatic heterocycles. The Morgan fingerprint density at radius 1 is 1.20 bits per heavy atom. The summed E-state index contributed by atoms with van der Waals surface area (Å²) >= 11 is 0. The lowest BCUT2D eigenvalue weighted by molar-refractivity contribution is -0.148. The molecule has 0 radical (unpaired) electrons. The lowest BCUT2D eigenvalue weighted by Gasteiger charge is -2.29. The molecule has 0 saturated heterocycles. The van der Waals surface area contributed by atoms with E-state index in [1.54, 1.807) is 0 Å². The van der Waals surface area contributed by atoms with Crippen LogP contribution < -0.4 is 5.73 Å². The van der Waals surface area contributed by atoms with Crippen LogP contribution >= 0.6 is 12.4 Å². The highest BCUT2D eigenvalue weighted by molar-refractivity contribution is 5.85. The number of halogens is 4. The van der Waals surface area contributed by atoms with Crippen molar-refractivity contribution in [1.29, 1.82) is 0 Å². The zero-order valence-corrected chi connectivity index (χ0v) is 13.9. The second-order valence-corrected chi connectivity index (χ2v) is 5.63. The van der Waals surface area contributed by atoms with Gasteiger partial charge < -0.3 is 15.2 Å². The monoisotopic (exact) mass is 375 g/mol. The Morgan fingerprint density at radius 2 is 1.88 bits per heavy atom. The first-order valence-corrected chi connectivity index (χ1v) is 7.44. The number of fused-ring (bicyclic) bond motifs is 1. The van der Waals surface area contributed by atoms with Crippen molar-refractivity contribution in [1.82, 2.24) is 19.7 Å². The molecule has 1 aromatic carbocycles. The molecule has 1 unspecified atom stereocenters. The average molecular weight is 376 g/mol. The van der Waals surface area contributed by atoms with Gasteiger partial charge in [-0.15, -0.1) is 22.6 Å². The summed E-state index contributed by atoms with van der Waals surface area (Å²) in [6, 6.07) is 8.74. The molecule has 136 valence electrons. The quantitative estimate of drug-likeness (QED) is 0.891. The van der Waals surface area contributed by atoms with Gasteiger partial charge in [-0.2, -0.15) is 13.2 Å². The smallest absolute Gasteiger partial charge is 0.333 e. The SMILES string of the molecule is Cl.NC(CC(=O)N1CCn2c(nnc2C(F)(F)F)C1)c1ccccc1. The van der Waals surface area contributed by atoms with Crippen LogP contribution in [0, 0.1) is 0 Å². The Kier molecular flexibility index (Phi) is 5.69. The zero-order valence-electron chi connectivity index (χ0n) is 13.1. The maximum Gasteiger partial charge on any atom is 0.451 e.